The topological polar surface area (TPSA) is 41.1 Å². The lowest BCUT2D eigenvalue weighted by Gasteiger charge is -2.22. The number of hydrogen-bond acceptors (Lipinski definition) is 3. The summed E-state index contributed by atoms with van der Waals surface area (Å²) < 4.78 is 0. The molecule has 1 amide bonds. The van der Waals surface area contributed by atoms with Crippen LogP contribution in [-0.2, 0) is 10.5 Å². The van der Waals surface area contributed by atoms with Crippen molar-refractivity contribution >= 4 is 23.4 Å². The van der Waals surface area contributed by atoms with E-state index >= 15 is 0 Å². The smallest absolute Gasteiger partial charge is 0.224 e. The summed E-state index contributed by atoms with van der Waals surface area (Å²) in [5.74, 6) is 2.99. The van der Waals surface area contributed by atoms with Crippen LogP contribution >= 0.6 is 11.8 Å². The minimum absolute atomic E-state index is 0.147. The van der Waals surface area contributed by atoms with E-state index in [1.807, 2.05) is 23.9 Å². The Hall–Kier alpha value is -1.00. The van der Waals surface area contributed by atoms with E-state index in [0.717, 1.165) is 36.7 Å². The molecule has 0 bridgehead atoms. The number of amides is 1. The first-order chi connectivity index (χ1) is 10.3. The fourth-order valence-electron chi connectivity index (χ4n) is 2.69. The van der Waals surface area contributed by atoms with Gasteiger partial charge in [-0.2, -0.15) is 11.8 Å². The second-order valence-electron chi connectivity index (χ2n) is 5.62. The molecule has 116 valence electrons. The monoisotopic (exact) mass is 306 g/mol. The van der Waals surface area contributed by atoms with Crippen LogP contribution in [0, 0.1) is 5.92 Å². The minimum Gasteiger partial charge on any atom is -0.326 e. The number of benzene rings is 1. The van der Waals surface area contributed by atoms with Gasteiger partial charge in [0.1, 0.15) is 0 Å². The molecule has 1 aromatic carbocycles. The second-order valence-corrected chi connectivity index (χ2v) is 6.89. The molecule has 1 heterocycles. The van der Waals surface area contributed by atoms with Crippen LogP contribution in [-0.4, -0.2) is 24.7 Å². The summed E-state index contributed by atoms with van der Waals surface area (Å²) >= 11 is 1.90. The van der Waals surface area contributed by atoms with E-state index in [0.29, 0.717) is 12.3 Å². The van der Waals surface area contributed by atoms with Crippen LogP contribution in [0.4, 0.5) is 5.69 Å². The molecule has 2 rings (SSSR count). The van der Waals surface area contributed by atoms with E-state index in [1.54, 1.807) is 0 Å². The summed E-state index contributed by atoms with van der Waals surface area (Å²) in [6, 6.07) is 8.20. The summed E-state index contributed by atoms with van der Waals surface area (Å²) in [4.78, 5) is 12.0. The number of rotatable bonds is 7. The van der Waals surface area contributed by atoms with Crippen molar-refractivity contribution in [2.75, 3.05) is 24.2 Å². The van der Waals surface area contributed by atoms with Crippen molar-refractivity contribution in [3.63, 3.8) is 0 Å². The Labute approximate surface area is 132 Å². The molecule has 1 aromatic rings. The molecule has 0 radical (unpaired) electrons. The molecule has 1 fully saturated rings. The summed E-state index contributed by atoms with van der Waals surface area (Å²) in [5, 5.41) is 6.40. The molecule has 0 spiro atoms. The third-order valence-corrected chi connectivity index (χ3v) is 4.87. The first-order valence-corrected chi connectivity index (χ1v) is 9.10. The van der Waals surface area contributed by atoms with Crippen molar-refractivity contribution in [2.45, 2.75) is 38.4 Å². The molecule has 0 aliphatic carbocycles. The third-order valence-electron chi connectivity index (χ3n) is 3.92. The first kappa shape index (κ1) is 16.4. The number of thioether (sulfide) groups is 1. The van der Waals surface area contributed by atoms with Gasteiger partial charge in [-0.15, -0.1) is 0 Å². The van der Waals surface area contributed by atoms with Gasteiger partial charge in [0.05, 0.1) is 0 Å². The molecular formula is C17H26N2OS. The van der Waals surface area contributed by atoms with Gasteiger partial charge < -0.3 is 10.6 Å². The van der Waals surface area contributed by atoms with Gasteiger partial charge in [0.15, 0.2) is 0 Å². The predicted octanol–water partition coefficient (Wildman–Crippen LogP) is 3.66. The van der Waals surface area contributed by atoms with Crippen molar-refractivity contribution in [3.8, 4) is 0 Å². The molecule has 21 heavy (non-hydrogen) atoms. The highest BCUT2D eigenvalue weighted by Gasteiger charge is 2.14. The predicted molar refractivity (Wildman–Crippen MR) is 91.7 cm³/mol. The number of anilines is 1. The normalized spacial score (nSPS) is 15.9. The molecule has 0 aromatic heterocycles. The largest absolute Gasteiger partial charge is 0.326 e. The third kappa shape index (κ3) is 6.10. The number of hydrogen-bond donors (Lipinski definition) is 2. The minimum atomic E-state index is 0.147. The lowest BCUT2D eigenvalue weighted by Crippen LogP contribution is -2.28. The van der Waals surface area contributed by atoms with Crippen LogP contribution in [0.2, 0.25) is 0 Å². The van der Waals surface area contributed by atoms with Crippen LogP contribution in [0.5, 0.6) is 0 Å². The Balaban J connectivity index is 1.76. The first-order valence-electron chi connectivity index (χ1n) is 7.95. The van der Waals surface area contributed by atoms with E-state index < -0.39 is 0 Å². The van der Waals surface area contributed by atoms with Crippen molar-refractivity contribution < 1.29 is 4.79 Å². The maximum Gasteiger partial charge on any atom is 0.224 e. The summed E-state index contributed by atoms with van der Waals surface area (Å²) in [6.07, 6.45) is 4.06. The fraction of sp³-hybridized carbons (Fsp3) is 0.588. The molecular weight excluding hydrogens is 280 g/mol. The van der Waals surface area contributed by atoms with Gasteiger partial charge in [0.25, 0.3) is 0 Å². The molecule has 2 N–H and O–H groups in total. The maximum atomic E-state index is 12.0. The van der Waals surface area contributed by atoms with Gasteiger partial charge >= 0.3 is 0 Å². The van der Waals surface area contributed by atoms with E-state index in [2.05, 4.69) is 29.7 Å². The Morgan fingerprint density at radius 3 is 2.95 bits per heavy atom. The summed E-state index contributed by atoms with van der Waals surface area (Å²) in [5.41, 5.74) is 2.21. The lowest BCUT2D eigenvalue weighted by molar-refractivity contribution is -0.116. The van der Waals surface area contributed by atoms with Gasteiger partial charge in [0, 0.05) is 17.9 Å². The molecule has 0 saturated carbocycles. The quantitative estimate of drug-likeness (QED) is 0.808. The van der Waals surface area contributed by atoms with Gasteiger partial charge in [-0.25, -0.2) is 0 Å². The number of carbonyl (C=O) groups is 1. The highest BCUT2D eigenvalue weighted by Crippen LogP contribution is 2.19. The number of nitrogens with one attached hydrogen (secondary N) is 2. The average molecular weight is 306 g/mol. The van der Waals surface area contributed by atoms with Crippen molar-refractivity contribution in [1.82, 2.24) is 5.32 Å². The average Bonchev–Trinajstić information content (AvgIpc) is 2.52. The lowest BCUT2D eigenvalue weighted by atomic mass is 9.93. The Kier molecular flexibility index (Phi) is 7.10. The van der Waals surface area contributed by atoms with E-state index in [1.165, 1.54) is 18.4 Å². The molecule has 4 heteroatoms. The van der Waals surface area contributed by atoms with Crippen molar-refractivity contribution in [2.24, 2.45) is 5.92 Å². The van der Waals surface area contributed by atoms with Crippen LogP contribution in [0.15, 0.2) is 24.3 Å². The highest BCUT2D eigenvalue weighted by molar-refractivity contribution is 7.98. The zero-order valence-corrected chi connectivity index (χ0v) is 13.7. The van der Waals surface area contributed by atoms with Gasteiger partial charge in [-0.3, -0.25) is 4.79 Å². The van der Waals surface area contributed by atoms with Gasteiger partial charge in [-0.05, 0) is 61.7 Å². The van der Waals surface area contributed by atoms with Crippen LogP contribution in [0.25, 0.3) is 0 Å². The zero-order chi connectivity index (χ0) is 14.9. The van der Waals surface area contributed by atoms with Crippen LogP contribution in [0.1, 0.15) is 38.2 Å². The Morgan fingerprint density at radius 1 is 1.38 bits per heavy atom. The van der Waals surface area contributed by atoms with Gasteiger partial charge in [0.2, 0.25) is 5.91 Å². The molecule has 0 atom stereocenters. The summed E-state index contributed by atoms with van der Waals surface area (Å²) in [6.45, 7) is 4.37. The molecule has 0 unspecified atom stereocenters. The van der Waals surface area contributed by atoms with E-state index in [4.69, 9.17) is 0 Å². The second kappa shape index (κ2) is 9.11. The molecule has 1 aliphatic rings. The zero-order valence-electron chi connectivity index (χ0n) is 12.9. The Morgan fingerprint density at radius 2 is 2.19 bits per heavy atom. The van der Waals surface area contributed by atoms with E-state index in [9.17, 15) is 4.79 Å². The van der Waals surface area contributed by atoms with Crippen LogP contribution in [0.3, 0.4) is 0 Å². The highest BCUT2D eigenvalue weighted by atomic mass is 32.2. The van der Waals surface area contributed by atoms with Crippen LogP contribution < -0.4 is 10.6 Å². The SMILES string of the molecule is CCSCc1cccc(NC(=O)CCC2CCNCC2)c1. The molecule has 1 aliphatic heterocycles. The fourth-order valence-corrected chi connectivity index (χ4v) is 3.31. The number of carbonyl (C=O) groups excluding carboxylic acids is 1. The number of piperidine rings is 1. The standard InChI is InChI=1S/C17H26N2OS/c1-2-21-13-15-4-3-5-16(12-15)19-17(20)7-6-14-8-10-18-11-9-14/h3-5,12,14,18H,2,6-11,13H2,1H3,(H,19,20). The van der Waals surface area contributed by atoms with Crippen molar-refractivity contribution in [3.05, 3.63) is 29.8 Å². The van der Waals surface area contributed by atoms with E-state index in [-0.39, 0.29) is 5.91 Å². The maximum absolute atomic E-state index is 12.0. The molecule has 3 nitrogen and oxygen atoms in total. The molecule has 1 saturated heterocycles. The van der Waals surface area contributed by atoms with Crippen molar-refractivity contribution in [1.29, 1.82) is 0 Å². The summed E-state index contributed by atoms with van der Waals surface area (Å²) in [7, 11) is 0. The Bertz CT molecular complexity index is 444. The van der Waals surface area contributed by atoms with Gasteiger partial charge in [-0.1, -0.05) is 19.1 Å².